The molecular weight excluding hydrogens is 184 g/mol. The summed E-state index contributed by atoms with van der Waals surface area (Å²) in [5.41, 5.74) is 5.36. The first-order chi connectivity index (χ1) is 6.85. The van der Waals surface area contributed by atoms with Gasteiger partial charge in [0, 0.05) is 6.61 Å². The van der Waals surface area contributed by atoms with Crippen LogP contribution in [0.2, 0.25) is 0 Å². The molecule has 0 radical (unpaired) electrons. The van der Waals surface area contributed by atoms with Crippen molar-refractivity contribution in [2.24, 2.45) is 5.41 Å². The average molecular weight is 206 g/mol. The molecule has 0 amide bonds. The van der Waals surface area contributed by atoms with Gasteiger partial charge in [0.05, 0.1) is 0 Å². The van der Waals surface area contributed by atoms with Crippen LogP contribution in [0.25, 0.3) is 0 Å². The summed E-state index contributed by atoms with van der Waals surface area (Å²) in [6.07, 6.45) is 0.946. The maximum atomic E-state index is 9.29. The third-order valence-electron chi connectivity index (χ3n) is 2.92. The van der Waals surface area contributed by atoms with E-state index in [1.807, 2.05) is 0 Å². The van der Waals surface area contributed by atoms with Gasteiger partial charge in [-0.1, -0.05) is 31.5 Å². The molecule has 15 heavy (non-hydrogen) atoms. The second kappa shape index (κ2) is 4.36. The summed E-state index contributed by atoms with van der Waals surface area (Å²) in [5.74, 6) is 0. The van der Waals surface area contributed by atoms with Gasteiger partial charge in [0.1, 0.15) is 0 Å². The van der Waals surface area contributed by atoms with Gasteiger partial charge in [0.25, 0.3) is 0 Å². The second-order valence-corrected chi connectivity index (χ2v) is 5.38. The zero-order valence-electron chi connectivity index (χ0n) is 10.5. The zero-order chi connectivity index (χ0) is 11.6. The highest BCUT2D eigenvalue weighted by Gasteiger charge is 2.19. The predicted octanol–water partition coefficient (Wildman–Crippen LogP) is 3.17. The Balaban J connectivity index is 3.05. The van der Waals surface area contributed by atoms with E-state index in [9.17, 15) is 5.11 Å². The van der Waals surface area contributed by atoms with Crippen LogP contribution in [0.15, 0.2) is 12.1 Å². The van der Waals surface area contributed by atoms with Gasteiger partial charge >= 0.3 is 0 Å². The summed E-state index contributed by atoms with van der Waals surface area (Å²) in [5, 5.41) is 9.29. The number of benzene rings is 1. The summed E-state index contributed by atoms with van der Waals surface area (Å²) < 4.78 is 0. The number of aryl methyl sites for hydroxylation is 3. The highest BCUT2D eigenvalue weighted by molar-refractivity contribution is 5.38. The normalized spacial score (nSPS) is 11.9. The standard InChI is InChI=1S/C14H22O/c1-10-6-11(2)13(12(3)7-10)8-14(4,5)9-15/h6-7,15H,8-9H2,1-5H3. The van der Waals surface area contributed by atoms with E-state index in [2.05, 4.69) is 46.8 Å². The largest absolute Gasteiger partial charge is 0.396 e. The van der Waals surface area contributed by atoms with E-state index in [4.69, 9.17) is 0 Å². The minimum atomic E-state index is -0.0230. The average Bonchev–Trinajstić information content (AvgIpc) is 2.11. The molecule has 0 spiro atoms. The minimum Gasteiger partial charge on any atom is -0.396 e. The quantitative estimate of drug-likeness (QED) is 0.805. The van der Waals surface area contributed by atoms with Crippen LogP contribution in [0.4, 0.5) is 0 Å². The Morgan fingerprint density at radius 2 is 1.53 bits per heavy atom. The molecule has 1 aromatic rings. The highest BCUT2D eigenvalue weighted by atomic mass is 16.3. The van der Waals surface area contributed by atoms with Crippen molar-refractivity contribution in [1.82, 2.24) is 0 Å². The summed E-state index contributed by atoms with van der Waals surface area (Å²) in [6, 6.07) is 4.44. The lowest BCUT2D eigenvalue weighted by Crippen LogP contribution is -2.21. The van der Waals surface area contributed by atoms with Gasteiger partial charge < -0.3 is 5.11 Å². The molecule has 0 aliphatic carbocycles. The number of hydrogen-bond acceptors (Lipinski definition) is 1. The fraction of sp³-hybridized carbons (Fsp3) is 0.571. The molecule has 1 aromatic carbocycles. The van der Waals surface area contributed by atoms with Crippen molar-refractivity contribution in [2.75, 3.05) is 6.61 Å². The van der Waals surface area contributed by atoms with Crippen molar-refractivity contribution < 1.29 is 5.11 Å². The van der Waals surface area contributed by atoms with Gasteiger partial charge in [-0.2, -0.15) is 0 Å². The number of hydrogen-bond donors (Lipinski definition) is 1. The lowest BCUT2D eigenvalue weighted by Gasteiger charge is -2.24. The Morgan fingerprint density at radius 1 is 1.07 bits per heavy atom. The van der Waals surface area contributed by atoms with E-state index in [1.165, 1.54) is 22.3 Å². The van der Waals surface area contributed by atoms with Gasteiger partial charge in [-0.05, 0) is 49.3 Å². The molecule has 0 atom stereocenters. The fourth-order valence-corrected chi connectivity index (χ4v) is 2.02. The van der Waals surface area contributed by atoms with Crippen LogP contribution in [0, 0.1) is 26.2 Å². The molecule has 0 aliphatic rings. The Labute approximate surface area is 93.1 Å². The number of aliphatic hydroxyl groups is 1. The maximum absolute atomic E-state index is 9.29. The van der Waals surface area contributed by atoms with Crippen LogP contribution in [0.3, 0.4) is 0 Å². The molecule has 0 heterocycles. The summed E-state index contributed by atoms with van der Waals surface area (Å²) in [6.45, 7) is 10.9. The topological polar surface area (TPSA) is 20.2 Å². The Morgan fingerprint density at radius 3 is 1.93 bits per heavy atom. The van der Waals surface area contributed by atoms with Crippen LogP contribution >= 0.6 is 0 Å². The van der Waals surface area contributed by atoms with E-state index in [0.717, 1.165) is 6.42 Å². The van der Waals surface area contributed by atoms with Crippen LogP contribution in [-0.2, 0) is 6.42 Å². The lowest BCUT2D eigenvalue weighted by atomic mass is 9.83. The van der Waals surface area contributed by atoms with Crippen LogP contribution in [-0.4, -0.2) is 11.7 Å². The minimum absolute atomic E-state index is 0.0230. The van der Waals surface area contributed by atoms with E-state index >= 15 is 0 Å². The first-order valence-electron chi connectivity index (χ1n) is 5.53. The number of aliphatic hydroxyl groups excluding tert-OH is 1. The highest BCUT2D eigenvalue weighted by Crippen LogP contribution is 2.26. The van der Waals surface area contributed by atoms with Crippen molar-refractivity contribution in [3.8, 4) is 0 Å². The first kappa shape index (κ1) is 12.3. The van der Waals surface area contributed by atoms with Crippen molar-refractivity contribution >= 4 is 0 Å². The van der Waals surface area contributed by atoms with E-state index in [-0.39, 0.29) is 12.0 Å². The second-order valence-electron chi connectivity index (χ2n) is 5.38. The third kappa shape index (κ3) is 3.07. The van der Waals surface area contributed by atoms with E-state index in [1.54, 1.807) is 0 Å². The van der Waals surface area contributed by atoms with Gasteiger partial charge in [-0.25, -0.2) is 0 Å². The lowest BCUT2D eigenvalue weighted by molar-refractivity contribution is 0.159. The maximum Gasteiger partial charge on any atom is 0.0485 e. The Kier molecular flexibility index (Phi) is 3.56. The van der Waals surface area contributed by atoms with Gasteiger partial charge in [0.2, 0.25) is 0 Å². The van der Waals surface area contributed by atoms with E-state index < -0.39 is 0 Å². The summed E-state index contributed by atoms with van der Waals surface area (Å²) in [7, 11) is 0. The molecule has 0 unspecified atom stereocenters. The van der Waals surface area contributed by atoms with Crippen LogP contribution in [0.1, 0.15) is 36.1 Å². The third-order valence-corrected chi connectivity index (χ3v) is 2.92. The molecule has 84 valence electrons. The van der Waals surface area contributed by atoms with Gasteiger partial charge in [-0.3, -0.25) is 0 Å². The van der Waals surface area contributed by atoms with Crippen molar-refractivity contribution in [3.05, 3.63) is 34.4 Å². The van der Waals surface area contributed by atoms with Gasteiger partial charge in [-0.15, -0.1) is 0 Å². The van der Waals surface area contributed by atoms with Gasteiger partial charge in [0.15, 0.2) is 0 Å². The summed E-state index contributed by atoms with van der Waals surface area (Å²) >= 11 is 0. The fourth-order valence-electron chi connectivity index (χ4n) is 2.02. The molecule has 0 aromatic heterocycles. The van der Waals surface area contributed by atoms with Crippen LogP contribution < -0.4 is 0 Å². The molecule has 1 heteroatoms. The molecule has 1 nitrogen and oxygen atoms in total. The molecule has 0 fully saturated rings. The molecule has 0 aliphatic heterocycles. The SMILES string of the molecule is Cc1cc(C)c(CC(C)(C)CO)c(C)c1. The van der Waals surface area contributed by atoms with Crippen molar-refractivity contribution in [3.63, 3.8) is 0 Å². The molecule has 1 rings (SSSR count). The summed E-state index contributed by atoms with van der Waals surface area (Å²) in [4.78, 5) is 0. The zero-order valence-corrected chi connectivity index (χ0v) is 10.5. The number of rotatable bonds is 3. The monoisotopic (exact) mass is 206 g/mol. The Bertz CT molecular complexity index is 327. The van der Waals surface area contributed by atoms with Crippen LogP contribution in [0.5, 0.6) is 0 Å². The predicted molar refractivity (Wildman–Crippen MR) is 65.2 cm³/mol. The molecular formula is C14H22O. The smallest absolute Gasteiger partial charge is 0.0485 e. The molecule has 1 N–H and O–H groups in total. The molecule has 0 bridgehead atoms. The Hall–Kier alpha value is -0.820. The molecule has 0 saturated heterocycles. The van der Waals surface area contributed by atoms with Crippen molar-refractivity contribution in [2.45, 2.75) is 41.0 Å². The molecule has 0 saturated carbocycles. The van der Waals surface area contributed by atoms with E-state index in [0.29, 0.717) is 0 Å². The first-order valence-corrected chi connectivity index (χ1v) is 5.53. The van der Waals surface area contributed by atoms with Crippen molar-refractivity contribution in [1.29, 1.82) is 0 Å².